The maximum Gasteiger partial charge on any atom is 0.257 e. The first kappa shape index (κ1) is 17.5. The van der Waals surface area contributed by atoms with Crippen LogP contribution >= 0.6 is 0 Å². The van der Waals surface area contributed by atoms with Crippen LogP contribution in [0.15, 0.2) is 36.7 Å². The van der Waals surface area contributed by atoms with Gasteiger partial charge in [0.05, 0.1) is 12.2 Å². The number of rotatable bonds is 8. The molecular weight excluding hydrogens is 314 g/mol. The molecule has 3 rings (SSSR count). The molecule has 0 atom stereocenters. The number of nitrogens with zero attached hydrogens (tertiary/aromatic N) is 3. The predicted octanol–water partition coefficient (Wildman–Crippen LogP) is 3.21. The van der Waals surface area contributed by atoms with Crippen LogP contribution in [0.4, 0.5) is 0 Å². The van der Waals surface area contributed by atoms with Gasteiger partial charge in [-0.15, -0.1) is 0 Å². The van der Waals surface area contributed by atoms with Crippen molar-refractivity contribution >= 4 is 5.91 Å². The standard InChI is InChI=1S/C20H25N3O2/c1-3-15-4-6-16(7-5-15)14-23(10-11-25-2)20(24)18-12-21-19(22-13-18)17-8-9-17/h4-7,12-13,17H,3,8-11,14H2,1-2H3. The molecule has 0 radical (unpaired) electrons. The molecule has 132 valence electrons. The average Bonchev–Trinajstić information content (AvgIpc) is 3.50. The molecule has 0 saturated heterocycles. The third-order valence-corrected chi connectivity index (χ3v) is 4.52. The summed E-state index contributed by atoms with van der Waals surface area (Å²) in [5.41, 5.74) is 2.94. The number of carbonyl (C=O) groups is 1. The molecule has 0 N–H and O–H groups in total. The third-order valence-electron chi connectivity index (χ3n) is 4.52. The van der Waals surface area contributed by atoms with Gasteiger partial charge >= 0.3 is 0 Å². The molecule has 1 aliphatic rings. The minimum Gasteiger partial charge on any atom is -0.383 e. The highest BCUT2D eigenvalue weighted by Gasteiger charge is 2.26. The van der Waals surface area contributed by atoms with Crippen molar-refractivity contribution in [2.45, 2.75) is 38.6 Å². The third kappa shape index (κ3) is 4.63. The summed E-state index contributed by atoms with van der Waals surface area (Å²) in [6, 6.07) is 8.39. The topological polar surface area (TPSA) is 55.3 Å². The van der Waals surface area contributed by atoms with Crippen molar-refractivity contribution in [2.75, 3.05) is 20.3 Å². The van der Waals surface area contributed by atoms with Gasteiger partial charge in [-0.1, -0.05) is 31.2 Å². The minimum absolute atomic E-state index is 0.0565. The Morgan fingerprint density at radius 3 is 2.36 bits per heavy atom. The monoisotopic (exact) mass is 339 g/mol. The molecule has 2 aromatic rings. The summed E-state index contributed by atoms with van der Waals surface area (Å²) in [4.78, 5) is 23.4. The zero-order valence-electron chi connectivity index (χ0n) is 14.9. The van der Waals surface area contributed by atoms with Gasteiger partial charge in [0.15, 0.2) is 0 Å². The van der Waals surface area contributed by atoms with Gasteiger partial charge in [0.1, 0.15) is 5.82 Å². The van der Waals surface area contributed by atoms with E-state index >= 15 is 0 Å². The molecule has 1 aromatic carbocycles. The van der Waals surface area contributed by atoms with E-state index in [0.717, 1.165) is 30.7 Å². The fourth-order valence-electron chi connectivity index (χ4n) is 2.74. The summed E-state index contributed by atoms with van der Waals surface area (Å²) in [5.74, 6) is 1.29. The maximum atomic E-state index is 12.9. The zero-order chi connectivity index (χ0) is 17.6. The largest absolute Gasteiger partial charge is 0.383 e. The summed E-state index contributed by atoms with van der Waals surface area (Å²) in [6.45, 7) is 3.72. The van der Waals surface area contributed by atoms with Crippen LogP contribution in [-0.2, 0) is 17.7 Å². The number of aryl methyl sites for hydroxylation is 1. The SMILES string of the molecule is CCc1ccc(CN(CCOC)C(=O)c2cnc(C3CC3)nc2)cc1. The summed E-state index contributed by atoms with van der Waals surface area (Å²) >= 11 is 0. The number of hydrogen-bond donors (Lipinski definition) is 0. The highest BCUT2D eigenvalue weighted by molar-refractivity contribution is 5.93. The van der Waals surface area contributed by atoms with Crippen LogP contribution in [0.25, 0.3) is 0 Å². The molecule has 1 fully saturated rings. The van der Waals surface area contributed by atoms with Crippen LogP contribution < -0.4 is 0 Å². The number of hydrogen-bond acceptors (Lipinski definition) is 4. The smallest absolute Gasteiger partial charge is 0.257 e. The second-order valence-corrected chi connectivity index (χ2v) is 6.49. The first-order chi connectivity index (χ1) is 12.2. The van der Waals surface area contributed by atoms with Gasteiger partial charge in [0.25, 0.3) is 5.91 Å². The molecular formula is C20H25N3O2. The Morgan fingerprint density at radius 2 is 1.80 bits per heavy atom. The van der Waals surface area contributed by atoms with Crippen molar-refractivity contribution in [3.8, 4) is 0 Å². The average molecular weight is 339 g/mol. The van der Waals surface area contributed by atoms with Gasteiger partial charge < -0.3 is 9.64 Å². The van der Waals surface area contributed by atoms with Crippen molar-refractivity contribution in [2.24, 2.45) is 0 Å². The van der Waals surface area contributed by atoms with E-state index in [1.54, 1.807) is 24.4 Å². The number of methoxy groups -OCH3 is 1. The quantitative estimate of drug-likeness (QED) is 0.741. The normalized spacial score (nSPS) is 13.7. The van der Waals surface area contributed by atoms with Gasteiger partial charge in [-0.05, 0) is 30.4 Å². The molecule has 1 saturated carbocycles. The van der Waals surface area contributed by atoms with E-state index in [2.05, 4.69) is 41.2 Å². The fourth-order valence-corrected chi connectivity index (χ4v) is 2.74. The Morgan fingerprint density at radius 1 is 1.16 bits per heavy atom. The Labute approximate surface area is 149 Å². The van der Waals surface area contributed by atoms with Crippen LogP contribution in [-0.4, -0.2) is 41.0 Å². The Hall–Kier alpha value is -2.27. The summed E-state index contributed by atoms with van der Waals surface area (Å²) in [6.07, 6.45) is 6.63. The summed E-state index contributed by atoms with van der Waals surface area (Å²) < 4.78 is 5.17. The fraction of sp³-hybridized carbons (Fsp3) is 0.450. The Kier molecular flexibility index (Phi) is 5.76. The van der Waals surface area contributed by atoms with Crippen LogP contribution in [0.1, 0.15) is 53.0 Å². The summed E-state index contributed by atoms with van der Waals surface area (Å²) in [7, 11) is 1.65. The van der Waals surface area contributed by atoms with E-state index in [9.17, 15) is 4.79 Å². The van der Waals surface area contributed by atoms with Gasteiger partial charge in [-0.2, -0.15) is 0 Å². The molecule has 25 heavy (non-hydrogen) atoms. The second-order valence-electron chi connectivity index (χ2n) is 6.49. The second kappa shape index (κ2) is 8.21. The molecule has 0 bridgehead atoms. The van der Waals surface area contributed by atoms with E-state index < -0.39 is 0 Å². The van der Waals surface area contributed by atoms with Gasteiger partial charge in [0.2, 0.25) is 0 Å². The molecule has 0 aliphatic heterocycles. The number of benzene rings is 1. The van der Waals surface area contributed by atoms with E-state index in [-0.39, 0.29) is 5.91 Å². The maximum absolute atomic E-state index is 12.9. The number of amides is 1. The van der Waals surface area contributed by atoms with Gasteiger partial charge in [-0.3, -0.25) is 4.79 Å². The molecule has 5 heteroatoms. The Balaban J connectivity index is 1.72. The van der Waals surface area contributed by atoms with E-state index in [0.29, 0.717) is 31.2 Å². The van der Waals surface area contributed by atoms with Crippen molar-refractivity contribution in [3.63, 3.8) is 0 Å². The highest BCUT2D eigenvalue weighted by atomic mass is 16.5. The number of ether oxygens (including phenoxy) is 1. The Bertz CT molecular complexity index is 694. The first-order valence-corrected chi connectivity index (χ1v) is 8.89. The lowest BCUT2D eigenvalue weighted by molar-refractivity contribution is 0.0679. The lowest BCUT2D eigenvalue weighted by Gasteiger charge is -2.22. The first-order valence-electron chi connectivity index (χ1n) is 8.89. The predicted molar refractivity (Wildman–Crippen MR) is 96.4 cm³/mol. The number of aromatic nitrogens is 2. The van der Waals surface area contributed by atoms with Crippen LogP contribution in [0.2, 0.25) is 0 Å². The summed E-state index contributed by atoms with van der Waals surface area (Å²) in [5, 5.41) is 0. The number of carbonyl (C=O) groups excluding carboxylic acids is 1. The minimum atomic E-state index is -0.0565. The molecule has 1 aliphatic carbocycles. The van der Waals surface area contributed by atoms with Gasteiger partial charge in [-0.25, -0.2) is 9.97 Å². The van der Waals surface area contributed by atoms with E-state index in [4.69, 9.17) is 4.74 Å². The van der Waals surface area contributed by atoms with Crippen molar-refractivity contribution in [1.29, 1.82) is 0 Å². The van der Waals surface area contributed by atoms with Crippen molar-refractivity contribution in [3.05, 3.63) is 59.2 Å². The van der Waals surface area contributed by atoms with Crippen LogP contribution in [0.5, 0.6) is 0 Å². The zero-order valence-corrected chi connectivity index (χ0v) is 14.9. The van der Waals surface area contributed by atoms with Crippen LogP contribution in [0.3, 0.4) is 0 Å². The lowest BCUT2D eigenvalue weighted by Crippen LogP contribution is -2.33. The van der Waals surface area contributed by atoms with Gasteiger partial charge in [0, 0.05) is 38.5 Å². The molecule has 5 nitrogen and oxygen atoms in total. The molecule has 1 aromatic heterocycles. The molecule has 1 amide bonds. The molecule has 0 spiro atoms. The highest BCUT2D eigenvalue weighted by Crippen LogP contribution is 2.37. The van der Waals surface area contributed by atoms with E-state index in [1.807, 2.05) is 0 Å². The van der Waals surface area contributed by atoms with Crippen molar-refractivity contribution in [1.82, 2.24) is 14.9 Å². The van der Waals surface area contributed by atoms with Crippen molar-refractivity contribution < 1.29 is 9.53 Å². The lowest BCUT2D eigenvalue weighted by atomic mass is 10.1. The molecule has 1 heterocycles. The molecule has 0 unspecified atom stereocenters. The van der Waals surface area contributed by atoms with E-state index in [1.165, 1.54) is 5.56 Å². The van der Waals surface area contributed by atoms with Crippen LogP contribution in [0, 0.1) is 0 Å².